The van der Waals surface area contributed by atoms with E-state index >= 15 is 0 Å². The number of ether oxygens (including phenoxy) is 2. The molecule has 0 aliphatic heterocycles. The molecule has 0 bridgehead atoms. The molecule has 4 nitrogen and oxygen atoms in total. The standard InChI is InChI=1S/C25H43NO3S/c1-4-5-6-7-8-9-10-11-12-19-25(2,3)29-24(27)28-23-17-15-22(16-18-23)26-20-13-14-21-30/h15-18,26,30H,4-14,19-21H2,1-3H3. The first-order valence-electron chi connectivity index (χ1n) is 11.8. The third kappa shape index (κ3) is 13.8. The van der Waals surface area contributed by atoms with E-state index in [4.69, 9.17) is 9.47 Å². The number of carbonyl (C=O) groups excluding carboxylic acids is 1. The van der Waals surface area contributed by atoms with E-state index in [0.29, 0.717) is 5.75 Å². The summed E-state index contributed by atoms with van der Waals surface area (Å²) in [5.41, 5.74) is 0.507. The lowest BCUT2D eigenvalue weighted by molar-refractivity contribution is 0.00276. The fourth-order valence-corrected chi connectivity index (χ4v) is 3.59. The van der Waals surface area contributed by atoms with Crippen molar-refractivity contribution in [1.29, 1.82) is 0 Å². The molecular weight excluding hydrogens is 394 g/mol. The number of anilines is 1. The number of benzene rings is 1. The number of nitrogens with one attached hydrogen (secondary N) is 1. The zero-order valence-corrected chi connectivity index (χ0v) is 20.3. The third-order valence-electron chi connectivity index (χ3n) is 5.21. The average molecular weight is 438 g/mol. The van der Waals surface area contributed by atoms with Crippen LogP contribution in [0, 0.1) is 0 Å². The van der Waals surface area contributed by atoms with E-state index in [2.05, 4.69) is 24.9 Å². The molecular formula is C25H43NO3S. The van der Waals surface area contributed by atoms with Crippen LogP contribution in [-0.4, -0.2) is 24.1 Å². The van der Waals surface area contributed by atoms with E-state index in [-0.39, 0.29) is 0 Å². The van der Waals surface area contributed by atoms with E-state index in [9.17, 15) is 4.79 Å². The van der Waals surface area contributed by atoms with Crippen molar-refractivity contribution in [1.82, 2.24) is 0 Å². The Morgan fingerprint density at radius 2 is 1.50 bits per heavy atom. The number of carbonyl (C=O) groups is 1. The van der Waals surface area contributed by atoms with Crippen LogP contribution in [0.1, 0.15) is 97.8 Å². The summed E-state index contributed by atoms with van der Waals surface area (Å²) in [5.74, 6) is 1.41. The quantitative estimate of drug-likeness (QED) is 0.112. The van der Waals surface area contributed by atoms with Crippen LogP contribution in [0.2, 0.25) is 0 Å². The summed E-state index contributed by atoms with van der Waals surface area (Å²) in [7, 11) is 0. The molecule has 0 amide bonds. The Labute approximate surface area is 189 Å². The van der Waals surface area contributed by atoms with E-state index in [1.165, 1.54) is 51.4 Å². The summed E-state index contributed by atoms with van der Waals surface area (Å²) in [6.07, 6.45) is 14.0. The molecule has 1 rings (SSSR count). The Hall–Kier alpha value is -1.36. The molecule has 0 spiro atoms. The third-order valence-corrected chi connectivity index (χ3v) is 5.53. The van der Waals surface area contributed by atoms with Crippen LogP contribution in [0.3, 0.4) is 0 Å². The first-order valence-corrected chi connectivity index (χ1v) is 12.5. The van der Waals surface area contributed by atoms with Gasteiger partial charge in [-0.1, -0.05) is 58.3 Å². The topological polar surface area (TPSA) is 47.6 Å². The van der Waals surface area contributed by atoms with Crippen molar-refractivity contribution >= 4 is 24.5 Å². The molecule has 0 aliphatic carbocycles. The highest BCUT2D eigenvalue weighted by Crippen LogP contribution is 2.22. The lowest BCUT2D eigenvalue weighted by Crippen LogP contribution is -2.29. The van der Waals surface area contributed by atoms with Gasteiger partial charge in [0.2, 0.25) is 0 Å². The largest absolute Gasteiger partial charge is 0.514 e. The van der Waals surface area contributed by atoms with Gasteiger partial charge in [0.15, 0.2) is 0 Å². The summed E-state index contributed by atoms with van der Waals surface area (Å²) in [6.45, 7) is 7.07. The predicted molar refractivity (Wildman–Crippen MR) is 131 cm³/mol. The lowest BCUT2D eigenvalue weighted by Gasteiger charge is -2.24. The summed E-state index contributed by atoms with van der Waals surface area (Å²) >= 11 is 4.21. The molecule has 0 aromatic heterocycles. The predicted octanol–water partition coefficient (Wildman–Crippen LogP) is 8.02. The normalized spacial score (nSPS) is 11.3. The fourth-order valence-electron chi connectivity index (χ4n) is 3.37. The van der Waals surface area contributed by atoms with Gasteiger partial charge in [0.25, 0.3) is 0 Å². The maximum Gasteiger partial charge on any atom is 0.514 e. The highest BCUT2D eigenvalue weighted by Gasteiger charge is 2.23. The minimum absolute atomic E-state index is 0.500. The monoisotopic (exact) mass is 437 g/mol. The number of hydrogen-bond donors (Lipinski definition) is 2. The maximum atomic E-state index is 12.1. The molecule has 0 aliphatic rings. The Balaban J connectivity index is 2.19. The molecule has 0 atom stereocenters. The van der Waals surface area contributed by atoms with Gasteiger partial charge < -0.3 is 14.8 Å². The molecule has 1 aromatic carbocycles. The van der Waals surface area contributed by atoms with Crippen molar-refractivity contribution < 1.29 is 14.3 Å². The Morgan fingerprint density at radius 3 is 2.10 bits per heavy atom. The summed E-state index contributed by atoms with van der Waals surface area (Å²) in [5, 5.41) is 3.34. The Bertz CT molecular complexity index is 560. The number of rotatable bonds is 17. The summed E-state index contributed by atoms with van der Waals surface area (Å²) in [6, 6.07) is 7.40. The van der Waals surface area contributed by atoms with Gasteiger partial charge in [-0.15, -0.1) is 0 Å². The molecule has 30 heavy (non-hydrogen) atoms. The molecule has 0 unspecified atom stereocenters. The Morgan fingerprint density at radius 1 is 0.900 bits per heavy atom. The molecule has 172 valence electrons. The van der Waals surface area contributed by atoms with Gasteiger partial charge in [-0.2, -0.15) is 12.6 Å². The second-order valence-corrected chi connectivity index (χ2v) is 9.12. The van der Waals surface area contributed by atoms with Crippen LogP contribution in [0.5, 0.6) is 5.75 Å². The minimum Gasteiger partial charge on any atom is -0.428 e. The van der Waals surface area contributed by atoms with Crippen LogP contribution in [0.4, 0.5) is 10.5 Å². The second kappa shape index (κ2) is 16.3. The highest BCUT2D eigenvalue weighted by molar-refractivity contribution is 7.80. The van der Waals surface area contributed by atoms with Gasteiger partial charge in [0, 0.05) is 12.2 Å². The zero-order chi connectivity index (χ0) is 22.1. The van der Waals surface area contributed by atoms with Crippen molar-refractivity contribution in [2.45, 2.75) is 103 Å². The van der Waals surface area contributed by atoms with Crippen LogP contribution in [0.15, 0.2) is 24.3 Å². The van der Waals surface area contributed by atoms with Gasteiger partial charge in [0.05, 0.1) is 0 Å². The van der Waals surface area contributed by atoms with Gasteiger partial charge >= 0.3 is 6.16 Å². The summed E-state index contributed by atoms with van der Waals surface area (Å²) < 4.78 is 10.9. The van der Waals surface area contributed by atoms with E-state index < -0.39 is 11.8 Å². The van der Waals surface area contributed by atoms with Crippen molar-refractivity contribution in [2.75, 3.05) is 17.6 Å². The van der Waals surface area contributed by atoms with Crippen molar-refractivity contribution in [3.8, 4) is 5.75 Å². The minimum atomic E-state index is -0.634. The van der Waals surface area contributed by atoms with E-state index in [1.807, 2.05) is 26.0 Å². The van der Waals surface area contributed by atoms with Gasteiger partial charge in [-0.3, -0.25) is 0 Å². The molecule has 1 aromatic rings. The van der Waals surface area contributed by atoms with Gasteiger partial charge in [0.1, 0.15) is 11.4 Å². The number of hydrogen-bond acceptors (Lipinski definition) is 5. The van der Waals surface area contributed by atoms with Crippen LogP contribution >= 0.6 is 12.6 Å². The smallest absolute Gasteiger partial charge is 0.428 e. The highest BCUT2D eigenvalue weighted by atomic mass is 32.1. The average Bonchev–Trinajstić information content (AvgIpc) is 2.70. The lowest BCUT2D eigenvalue weighted by atomic mass is 9.99. The van der Waals surface area contributed by atoms with E-state index in [1.54, 1.807) is 12.1 Å². The summed E-state index contributed by atoms with van der Waals surface area (Å²) in [4.78, 5) is 12.1. The molecule has 0 saturated carbocycles. The fraction of sp³-hybridized carbons (Fsp3) is 0.720. The Kier molecular flexibility index (Phi) is 14.5. The molecule has 0 radical (unpaired) electrons. The van der Waals surface area contributed by atoms with E-state index in [0.717, 1.165) is 43.7 Å². The van der Waals surface area contributed by atoms with Gasteiger partial charge in [-0.05, 0) is 69.5 Å². The SMILES string of the molecule is CCCCCCCCCCCC(C)(C)OC(=O)Oc1ccc(NCCCCS)cc1. The number of thiol groups is 1. The van der Waals surface area contributed by atoms with Crippen molar-refractivity contribution in [3.05, 3.63) is 24.3 Å². The van der Waals surface area contributed by atoms with Crippen molar-refractivity contribution in [2.24, 2.45) is 0 Å². The van der Waals surface area contributed by atoms with Crippen LogP contribution in [-0.2, 0) is 4.74 Å². The molecule has 5 heteroatoms. The number of unbranched alkanes of at least 4 members (excludes halogenated alkanes) is 9. The molecule has 1 N–H and O–H groups in total. The second-order valence-electron chi connectivity index (χ2n) is 8.67. The first-order chi connectivity index (χ1) is 14.5. The van der Waals surface area contributed by atoms with Crippen molar-refractivity contribution in [3.63, 3.8) is 0 Å². The van der Waals surface area contributed by atoms with Gasteiger partial charge in [-0.25, -0.2) is 4.79 Å². The molecule has 0 fully saturated rings. The van der Waals surface area contributed by atoms with Crippen LogP contribution < -0.4 is 10.1 Å². The maximum absolute atomic E-state index is 12.1. The van der Waals surface area contributed by atoms with Crippen LogP contribution in [0.25, 0.3) is 0 Å². The molecule has 0 saturated heterocycles. The zero-order valence-electron chi connectivity index (χ0n) is 19.4. The molecule has 0 heterocycles. The first kappa shape index (κ1) is 26.7.